The average molecular weight is 559 g/mol. The topological polar surface area (TPSA) is 142 Å². The number of Topliss-reactive ketones (excluding diaryl/α,β-unsaturated/α-hetero) is 1. The van der Waals surface area contributed by atoms with Crippen LogP contribution >= 0.6 is 11.3 Å². The van der Waals surface area contributed by atoms with Crippen molar-refractivity contribution in [2.75, 3.05) is 7.11 Å². The second-order valence-electron chi connectivity index (χ2n) is 9.95. The van der Waals surface area contributed by atoms with Crippen LogP contribution in [0.15, 0.2) is 61.1 Å². The Bertz CT molecular complexity index is 1620. The van der Waals surface area contributed by atoms with Crippen molar-refractivity contribution in [3.63, 3.8) is 0 Å². The molecule has 0 bridgehead atoms. The molecule has 5 rings (SSSR count). The Balaban J connectivity index is 1.38. The minimum atomic E-state index is -0.905. The summed E-state index contributed by atoms with van der Waals surface area (Å²) in [5.74, 6) is -0.443. The zero-order valence-electron chi connectivity index (χ0n) is 22.4. The number of aromatic nitrogens is 4. The third kappa shape index (κ3) is 5.89. The van der Waals surface area contributed by atoms with Crippen LogP contribution in [-0.2, 0) is 11.2 Å². The van der Waals surface area contributed by atoms with Crippen molar-refractivity contribution in [1.82, 2.24) is 30.6 Å². The number of carbonyl (C=O) groups excluding carboxylic acids is 3. The lowest BCUT2D eigenvalue weighted by Gasteiger charge is -2.23. The fourth-order valence-electron chi connectivity index (χ4n) is 4.59. The van der Waals surface area contributed by atoms with Gasteiger partial charge in [0.25, 0.3) is 5.91 Å². The lowest BCUT2D eigenvalue weighted by Crippen LogP contribution is -2.52. The zero-order chi connectivity index (χ0) is 28.2. The molecule has 11 heteroatoms. The minimum Gasteiger partial charge on any atom is -0.496 e. The van der Waals surface area contributed by atoms with Crippen LogP contribution in [0.2, 0.25) is 0 Å². The highest BCUT2D eigenvalue weighted by molar-refractivity contribution is 7.20. The van der Waals surface area contributed by atoms with Crippen molar-refractivity contribution in [3.05, 3.63) is 77.5 Å². The molecule has 4 N–H and O–H groups in total. The number of thiazole rings is 1. The maximum absolute atomic E-state index is 13.6. The number of aromatic amines is 2. The third-order valence-corrected chi connectivity index (χ3v) is 7.59. The van der Waals surface area contributed by atoms with Crippen molar-refractivity contribution in [1.29, 1.82) is 0 Å². The van der Waals surface area contributed by atoms with E-state index in [9.17, 15) is 14.4 Å². The number of nitrogens with zero attached hydrogens (tertiary/aromatic N) is 2. The molecule has 0 aliphatic carbocycles. The molecule has 5 aromatic rings. The Hall–Kier alpha value is -4.51. The number of nitrogens with one attached hydrogen (secondary N) is 4. The maximum atomic E-state index is 13.6. The molecular weight excluding hydrogens is 528 g/mol. The monoisotopic (exact) mass is 558 g/mol. The van der Waals surface area contributed by atoms with Gasteiger partial charge in [0.1, 0.15) is 23.5 Å². The number of hydrogen-bond donors (Lipinski definition) is 4. The van der Waals surface area contributed by atoms with Gasteiger partial charge in [0.05, 0.1) is 23.7 Å². The van der Waals surface area contributed by atoms with Gasteiger partial charge in [-0.25, -0.2) is 9.97 Å². The Labute approximate surface area is 234 Å². The van der Waals surface area contributed by atoms with Gasteiger partial charge < -0.3 is 25.3 Å². The Morgan fingerprint density at radius 3 is 2.60 bits per heavy atom. The number of amides is 2. The molecule has 2 atom stereocenters. The number of fused-ring (bicyclic) bond motifs is 2. The van der Waals surface area contributed by atoms with E-state index in [2.05, 4.69) is 30.6 Å². The molecule has 0 radical (unpaired) electrons. The van der Waals surface area contributed by atoms with Gasteiger partial charge in [0.15, 0.2) is 5.01 Å². The first-order chi connectivity index (χ1) is 19.3. The van der Waals surface area contributed by atoms with Crippen LogP contribution in [0.4, 0.5) is 0 Å². The second kappa shape index (κ2) is 11.7. The predicted molar refractivity (Wildman–Crippen MR) is 154 cm³/mol. The first kappa shape index (κ1) is 27.1. The van der Waals surface area contributed by atoms with Gasteiger partial charge in [-0.05, 0) is 42.7 Å². The number of H-pyrrole nitrogens is 2. The van der Waals surface area contributed by atoms with Crippen molar-refractivity contribution < 1.29 is 19.1 Å². The normalized spacial score (nSPS) is 12.9. The van der Waals surface area contributed by atoms with E-state index < -0.39 is 23.9 Å². The number of methoxy groups -OCH3 is 1. The highest BCUT2D eigenvalue weighted by Crippen LogP contribution is 2.26. The molecule has 2 aromatic carbocycles. The number of para-hydroxylation sites is 1. The van der Waals surface area contributed by atoms with Crippen LogP contribution in [0, 0.1) is 5.92 Å². The van der Waals surface area contributed by atoms with Gasteiger partial charge in [-0.3, -0.25) is 14.4 Å². The van der Waals surface area contributed by atoms with Gasteiger partial charge >= 0.3 is 0 Å². The summed E-state index contributed by atoms with van der Waals surface area (Å²) < 4.78 is 6.28. The van der Waals surface area contributed by atoms with E-state index in [1.54, 1.807) is 19.4 Å². The molecule has 0 unspecified atom stereocenters. The molecule has 0 saturated carbocycles. The average Bonchev–Trinajstić information content (AvgIpc) is 3.70. The van der Waals surface area contributed by atoms with E-state index in [1.165, 1.54) is 17.7 Å². The van der Waals surface area contributed by atoms with Crippen LogP contribution in [-0.4, -0.2) is 56.7 Å². The molecule has 0 aliphatic rings. The van der Waals surface area contributed by atoms with Gasteiger partial charge in [-0.15, -0.1) is 11.3 Å². The molecule has 206 valence electrons. The summed E-state index contributed by atoms with van der Waals surface area (Å²) in [4.78, 5) is 55.1. The predicted octanol–water partition coefficient (Wildman–Crippen LogP) is 4.26. The number of hydrogen-bond acceptors (Lipinski definition) is 7. The molecule has 0 fully saturated rings. The Morgan fingerprint density at radius 1 is 1.05 bits per heavy atom. The Morgan fingerprint density at radius 2 is 1.88 bits per heavy atom. The lowest BCUT2D eigenvalue weighted by molar-refractivity contribution is -0.123. The van der Waals surface area contributed by atoms with Crippen molar-refractivity contribution in [3.8, 4) is 5.75 Å². The number of carbonyl (C=O) groups is 3. The highest BCUT2D eigenvalue weighted by Gasteiger charge is 2.30. The van der Waals surface area contributed by atoms with E-state index in [4.69, 9.17) is 4.74 Å². The molecular formula is C29H30N6O4S. The number of imidazole rings is 1. The van der Waals surface area contributed by atoms with Crippen LogP contribution in [0.5, 0.6) is 5.75 Å². The first-order valence-corrected chi connectivity index (χ1v) is 13.8. The smallest absolute Gasteiger partial charge is 0.268 e. The van der Waals surface area contributed by atoms with Crippen molar-refractivity contribution in [2.45, 2.75) is 38.8 Å². The quantitative estimate of drug-likeness (QED) is 0.179. The van der Waals surface area contributed by atoms with Crippen LogP contribution < -0.4 is 15.4 Å². The molecule has 2 amide bonds. The third-order valence-electron chi connectivity index (χ3n) is 6.53. The summed E-state index contributed by atoms with van der Waals surface area (Å²) in [6, 6.07) is 12.9. The van der Waals surface area contributed by atoms with Crippen LogP contribution in [0.25, 0.3) is 21.1 Å². The Kier molecular flexibility index (Phi) is 7.92. The highest BCUT2D eigenvalue weighted by atomic mass is 32.1. The molecule has 0 aliphatic heterocycles. The van der Waals surface area contributed by atoms with Crippen molar-refractivity contribution >= 4 is 50.1 Å². The van der Waals surface area contributed by atoms with E-state index >= 15 is 0 Å². The van der Waals surface area contributed by atoms with E-state index in [1.807, 2.05) is 56.3 Å². The standard InChI is InChI=1S/C29H30N6O4S/c1-16(2)11-22(34-28(38)23-13-18-19(32-23)8-6-9-24(18)39-3)27(37)33-21(12-17-14-30-15-31-17)26(36)29-35-20-7-4-5-10-25(20)40-29/h4-10,13-16,21-22,32H,11-12H2,1-3H3,(H,30,31)(H,33,37)(H,34,38)/t21-,22-/m0/s1. The van der Waals surface area contributed by atoms with Gasteiger partial charge in [-0.2, -0.15) is 0 Å². The second-order valence-corrected chi connectivity index (χ2v) is 11.0. The van der Waals surface area contributed by atoms with E-state index in [-0.39, 0.29) is 18.1 Å². The summed E-state index contributed by atoms with van der Waals surface area (Å²) in [7, 11) is 1.57. The summed E-state index contributed by atoms with van der Waals surface area (Å²) >= 11 is 1.28. The molecule has 3 heterocycles. The molecule has 0 saturated heterocycles. The number of ether oxygens (including phenoxy) is 1. The largest absolute Gasteiger partial charge is 0.496 e. The number of rotatable bonds is 11. The zero-order valence-corrected chi connectivity index (χ0v) is 23.2. The van der Waals surface area contributed by atoms with Gasteiger partial charge in [0.2, 0.25) is 11.7 Å². The maximum Gasteiger partial charge on any atom is 0.268 e. The summed E-state index contributed by atoms with van der Waals surface area (Å²) in [6.07, 6.45) is 3.72. The summed E-state index contributed by atoms with van der Waals surface area (Å²) in [6.45, 7) is 3.93. The fourth-order valence-corrected chi connectivity index (χ4v) is 5.55. The van der Waals surface area contributed by atoms with Crippen molar-refractivity contribution in [2.24, 2.45) is 5.92 Å². The fraction of sp³-hybridized carbons (Fsp3) is 0.276. The summed E-state index contributed by atoms with van der Waals surface area (Å²) in [5.41, 5.74) is 2.47. The lowest BCUT2D eigenvalue weighted by atomic mass is 10.0. The van der Waals surface area contributed by atoms with Gasteiger partial charge in [0, 0.05) is 29.2 Å². The van der Waals surface area contributed by atoms with Crippen LogP contribution in [0.3, 0.4) is 0 Å². The molecule has 10 nitrogen and oxygen atoms in total. The first-order valence-electron chi connectivity index (χ1n) is 13.0. The number of benzene rings is 2. The van der Waals surface area contributed by atoms with Crippen LogP contribution in [0.1, 0.15) is 46.3 Å². The molecule has 0 spiro atoms. The summed E-state index contributed by atoms with van der Waals surface area (Å²) in [5, 5.41) is 6.82. The minimum absolute atomic E-state index is 0.102. The van der Waals surface area contributed by atoms with E-state index in [0.717, 1.165) is 21.1 Å². The molecule has 3 aromatic heterocycles. The van der Waals surface area contributed by atoms with E-state index in [0.29, 0.717) is 28.6 Å². The molecule has 40 heavy (non-hydrogen) atoms. The SMILES string of the molecule is COc1cccc2[nH]c(C(=O)N[C@@H](CC(C)C)C(=O)N[C@@H](Cc3cnc[nH]3)C(=O)c3nc4ccccc4s3)cc12. The number of ketones is 1. The van der Waals surface area contributed by atoms with Gasteiger partial charge in [-0.1, -0.05) is 32.0 Å².